The summed E-state index contributed by atoms with van der Waals surface area (Å²) < 4.78 is 0. The first-order valence-electron chi connectivity index (χ1n) is 5.44. The maximum absolute atomic E-state index is 9.73. The van der Waals surface area contributed by atoms with Gasteiger partial charge in [-0.25, -0.2) is 0 Å². The molecule has 2 unspecified atom stereocenters. The van der Waals surface area contributed by atoms with Crippen LogP contribution in [0.2, 0.25) is 0 Å². The van der Waals surface area contributed by atoms with Crippen molar-refractivity contribution in [3.63, 3.8) is 0 Å². The topological polar surface area (TPSA) is 72.7 Å². The molecule has 84 valence electrons. The maximum atomic E-state index is 9.73. The highest BCUT2D eigenvalue weighted by Gasteiger charge is 2.21. The van der Waals surface area contributed by atoms with Crippen molar-refractivity contribution < 1.29 is 15.3 Å². The zero-order valence-corrected chi connectivity index (χ0v) is 8.52. The molecule has 1 aliphatic rings. The van der Waals surface area contributed by atoms with Gasteiger partial charge in [0.1, 0.15) is 0 Å². The molecule has 1 fully saturated rings. The number of aliphatic hydroxyl groups excluding tert-OH is 3. The highest BCUT2D eigenvalue weighted by atomic mass is 16.3. The number of hydrogen-bond acceptors (Lipinski definition) is 4. The fraction of sp³-hybridized carbons (Fsp3) is 1.00. The van der Waals surface area contributed by atoms with E-state index in [0.29, 0.717) is 6.54 Å². The van der Waals surface area contributed by atoms with Crippen LogP contribution >= 0.6 is 0 Å². The second kappa shape index (κ2) is 6.35. The molecule has 0 saturated heterocycles. The van der Waals surface area contributed by atoms with Crippen LogP contribution in [0.1, 0.15) is 32.1 Å². The van der Waals surface area contributed by atoms with Crippen molar-refractivity contribution in [1.29, 1.82) is 0 Å². The van der Waals surface area contributed by atoms with Crippen molar-refractivity contribution in [1.82, 2.24) is 5.32 Å². The summed E-state index contributed by atoms with van der Waals surface area (Å²) in [7, 11) is 0. The van der Waals surface area contributed by atoms with Crippen LogP contribution in [-0.2, 0) is 0 Å². The molecule has 4 nitrogen and oxygen atoms in total. The first-order valence-corrected chi connectivity index (χ1v) is 5.44. The van der Waals surface area contributed by atoms with Gasteiger partial charge in [-0.05, 0) is 12.8 Å². The van der Waals surface area contributed by atoms with Crippen LogP contribution in [0.25, 0.3) is 0 Å². The smallest absolute Gasteiger partial charge is 0.0895 e. The molecule has 3 atom stereocenters. The Kier molecular flexibility index (Phi) is 5.40. The maximum Gasteiger partial charge on any atom is 0.0895 e. The fourth-order valence-electron chi connectivity index (χ4n) is 1.88. The third-order valence-corrected chi connectivity index (χ3v) is 2.81. The molecule has 0 aromatic rings. The average Bonchev–Trinajstić information content (AvgIpc) is 2.39. The van der Waals surface area contributed by atoms with Gasteiger partial charge in [0.2, 0.25) is 0 Å². The highest BCUT2D eigenvalue weighted by molar-refractivity contribution is 4.79. The summed E-state index contributed by atoms with van der Waals surface area (Å²) in [6.07, 6.45) is 4.17. The SMILES string of the molecule is OC[C@@H](O)CNC1CCCCCC1O. The van der Waals surface area contributed by atoms with Crippen molar-refractivity contribution in [2.75, 3.05) is 13.2 Å². The summed E-state index contributed by atoms with van der Waals surface area (Å²) in [5.74, 6) is 0. The largest absolute Gasteiger partial charge is 0.394 e. The van der Waals surface area contributed by atoms with Crippen LogP contribution in [0, 0.1) is 0 Å². The van der Waals surface area contributed by atoms with E-state index in [1.807, 2.05) is 0 Å². The summed E-state index contributed by atoms with van der Waals surface area (Å²) in [6.45, 7) is 0.133. The molecule has 0 radical (unpaired) electrons. The Morgan fingerprint density at radius 3 is 2.64 bits per heavy atom. The summed E-state index contributed by atoms with van der Waals surface area (Å²) in [4.78, 5) is 0. The second-order valence-electron chi connectivity index (χ2n) is 4.06. The van der Waals surface area contributed by atoms with Crippen LogP contribution in [0.4, 0.5) is 0 Å². The first kappa shape index (κ1) is 11.9. The summed E-state index contributed by atoms with van der Waals surface area (Å²) >= 11 is 0. The zero-order chi connectivity index (χ0) is 10.4. The highest BCUT2D eigenvalue weighted by Crippen LogP contribution is 2.17. The number of rotatable bonds is 4. The van der Waals surface area contributed by atoms with E-state index in [-0.39, 0.29) is 18.8 Å². The molecule has 0 amide bonds. The molecular formula is C10H21NO3. The lowest BCUT2D eigenvalue weighted by atomic mass is 10.1. The lowest BCUT2D eigenvalue weighted by Gasteiger charge is -2.22. The van der Waals surface area contributed by atoms with Gasteiger partial charge in [-0.3, -0.25) is 0 Å². The fourth-order valence-corrected chi connectivity index (χ4v) is 1.88. The molecule has 4 N–H and O–H groups in total. The lowest BCUT2D eigenvalue weighted by molar-refractivity contribution is 0.0748. The van der Waals surface area contributed by atoms with Gasteiger partial charge in [-0.1, -0.05) is 19.3 Å². The molecule has 0 heterocycles. The van der Waals surface area contributed by atoms with E-state index in [9.17, 15) is 5.11 Å². The van der Waals surface area contributed by atoms with Crippen LogP contribution in [0.5, 0.6) is 0 Å². The molecule has 0 aliphatic heterocycles. The molecule has 14 heavy (non-hydrogen) atoms. The van der Waals surface area contributed by atoms with E-state index in [4.69, 9.17) is 10.2 Å². The minimum atomic E-state index is -0.717. The predicted octanol–water partition coefficient (Wildman–Crippen LogP) is -0.377. The van der Waals surface area contributed by atoms with Crippen LogP contribution in [-0.4, -0.2) is 46.7 Å². The zero-order valence-electron chi connectivity index (χ0n) is 8.52. The summed E-state index contributed by atoms with van der Waals surface area (Å²) in [5.41, 5.74) is 0. The van der Waals surface area contributed by atoms with Gasteiger partial charge in [-0.15, -0.1) is 0 Å². The van der Waals surface area contributed by atoms with Crippen molar-refractivity contribution in [3.8, 4) is 0 Å². The first-order chi connectivity index (χ1) is 6.74. The molecule has 0 spiro atoms. The molecule has 0 aromatic heterocycles. The molecule has 0 aromatic carbocycles. The normalized spacial score (nSPS) is 31.1. The Labute approximate surface area is 85.0 Å². The average molecular weight is 203 g/mol. The number of hydrogen-bond donors (Lipinski definition) is 4. The minimum Gasteiger partial charge on any atom is -0.394 e. The number of aliphatic hydroxyl groups is 3. The molecule has 0 bridgehead atoms. The van der Waals surface area contributed by atoms with Crippen molar-refractivity contribution >= 4 is 0 Å². The third-order valence-electron chi connectivity index (χ3n) is 2.81. The van der Waals surface area contributed by atoms with Crippen LogP contribution < -0.4 is 5.32 Å². The Morgan fingerprint density at radius 2 is 1.93 bits per heavy atom. The van der Waals surface area contributed by atoms with E-state index in [0.717, 1.165) is 25.7 Å². The van der Waals surface area contributed by atoms with E-state index < -0.39 is 6.10 Å². The molecular weight excluding hydrogens is 182 g/mol. The van der Waals surface area contributed by atoms with Gasteiger partial charge >= 0.3 is 0 Å². The van der Waals surface area contributed by atoms with Crippen LogP contribution in [0.15, 0.2) is 0 Å². The standard InChI is InChI=1S/C10H21NO3/c12-7-8(13)6-11-9-4-2-1-3-5-10(9)14/h8-14H,1-7H2/t8-,9?,10?/m0/s1. The van der Waals surface area contributed by atoms with E-state index >= 15 is 0 Å². The summed E-state index contributed by atoms with van der Waals surface area (Å²) in [5, 5.41) is 30.6. The summed E-state index contributed by atoms with van der Waals surface area (Å²) in [6, 6.07) is 0.0821. The predicted molar refractivity (Wildman–Crippen MR) is 54.0 cm³/mol. The van der Waals surface area contributed by atoms with Gasteiger partial charge in [0.25, 0.3) is 0 Å². The molecule has 1 aliphatic carbocycles. The van der Waals surface area contributed by atoms with Crippen LogP contribution in [0.3, 0.4) is 0 Å². The Balaban J connectivity index is 2.26. The minimum absolute atomic E-state index is 0.0821. The van der Waals surface area contributed by atoms with Gasteiger partial charge in [0.05, 0.1) is 18.8 Å². The third kappa shape index (κ3) is 3.92. The van der Waals surface area contributed by atoms with Gasteiger partial charge in [0.15, 0.2) is 0 Å². The Bertz CT molecular complexity index is 154. The molecule has 4 heteroatoms. The van der Waals surface area contributed by atoms with E-state index in [1.165, 1.54) is 6.42 Å². The van der Waals surface area contributed by atoms with Gasteiger partial charge < -0.3 is 20.6 Å². The quantitative estimate of drug-likeness (QED) is 0.470. The monoisotopic (exact) mass is 203 g/mol. The van der Waals surface area contributed by atoms with Crippen molar-refractivity contribution in [2.45, 2.75) is 50.4 Å². The second-order valence-corrected chi connectivity index (χ2v) is 4.06. The number of nitrogens with one attached hydrogen (secondary N) is 1. The van der Waals surface area contributed by atoms with Crippen molar-refractivity contribution in [2.24, 2.45) is 0 Å². The molecule has 1 rings (SSSR count). The Morgan fingerprint density at radius 1 is 1.21 bits per heavy atom. The van der Waals surface area contributed by atoms with Gasteiger partial charge in [0, 0.05) is 12.6 Å². The van der Waals surface area contributed by atoms with E-state index in [1.54, 1.807) is 0 Å². The lowest BCUT2D eigenvalue weighted by Crippen LogP contribution is -2.43. The Hall–Kier alpha value is -0.160. The molecule has 1 saturated carbocycles. The van der Waals surface area contributed by atoms with E-state index in [2.05, 4.69) is 5.32 Å². The van der Waals surface area contributed by atoms with Crippen molar-refractivity contribution in [3.05, 3.63) is 0 Å². The van der Waals surface area contributed by atoms with Gasteiger partial charge in [-0.2, -0.15) is 0 Å².